The van der Waals surface area contributed by atoms with Gasteiger partial charge in [-0.25, -0.2) is 0 Å². The zero-order valence-corrected chi connectivity index (χ0v) is 21.7. The molecule has 4 saturated carbocycles. The molecule has 0 spiro atoms. The summed E-state index contributed by atoms with van der Waals surface area (Å²) in [5.41, 5.74) is 0.245. The van der Waals surface area contributed by atoms with Crippen LogP contribution in [0.3, 0.4) is 0 Å². The van der Waals surface area contributed by atoms with Crippen LogP contribution in [0.5, 0.6) is 0 Å². The summed E-state index contributed by atoms with van der Waals surface area (Å²) in [6.45, 7) is 11.4. The van der Waals surface area contributed by atoms with Crippen LogP contribution in [0.15, 0.2) is 0 Å². The molecule has 4 nitrogen and oxygen atoms in total. The molecule has 0 bridgehead atoms. The van der Waals surface area contributed by atoms with Crippen molar-refractivity contribution in [1.29, 1.82) is 0 Å². The van der Waals surface area contributed by atoms with Crippen molar-refractivity contribution in [1.82, 2.24) is 0 Å². The molecular weight excluding hydrogens is 412 g/mol. The van der Waals surface area contributed by atoms with E-state index in [1.165, 1.54) is 32.6 Å². The SMILES string of the molecule is CC(=O)OCC(C)CCC[C@@H](C)[C@H]1CC[C@H]2[C@@H]3C(=O)C(=O)C4CCCC[C@]4(C)[C@H]3CC[C@]12C. The van der Waals surface area contributed by atoms with Crippen LogP contribution in [0.1, 0.15) is 105 Å². The molecule has 4 aliphatic rings. The van der Waals surface area contributed by atoms with Gasteiger partial charge in [0.2, 0.25) is 11.6 Å². The van der Waals surface area contributed by atoms with Gasteiger partial charge in [-0.15, -0.1) is 0 Å². The number of hydrogen-bond donors (Lipinski definition) is 0. The fourth-order valence-electron chi connectivity index (χ4n) is 9.12. The Kier molecular flexibility index (Phi) is 7.14. The van der Waals surface area contributed by atoms with E-state index in [4.69, 9.17) is 4.74 Å². The number of carbonyl (C=O) groups is 3. The maximum absolute atomic E-state index is 13.5. The molecule has 0 aromatic heterocycles. The molecule has 2 unspecified atom stereocenters. The second-order valence-corrected chi connectivity index (χ2v) is 12.8. The molecule has 0 saturated heterocycles. The van der Waals surface area contributed by atoms with E-state index in [1.807, 2.05) is 0 Å². The van der Waals surface area contributed by atoms with Gasteiger partial charge in [-0.2, -0.15) is 0 Å². The van der Waals surface area contributed by atoms with Gasteiger partial charge in [-0.3, -0.25) is 14.4 Å². The zero-order chi connectivity index (χ0) is 24.0. The molecule has 0 N–H and O–H groups in total. The molecular formula is C29H46O4. The second kappa shape index (κ2) is 9.46. The lowest BCUT2D eigenvalue weighted by atomic mass is 9.44. The molecule has 186 valence electrons. The normalized spacial score (nSPS) is 42.2. The average molecular weight is 459 g/mol. The fraction of sp³-hybridized carbons (Fsp3) is 0.897. The molecule has 0 heterocycles. The average Bonchev–Trinajstić information content (AvgIpc) is 3.12. The summed E-state index contributed by atoms with van der Waals surface area (Å²) >= 11 is 0. The van der Waals surface area contributed by atoms with Gasteiger partial charge in [-0.1, -0.05) is 53.4 Å². The highest BCUT2D eigenvalue weighted by Crippen LogP contribution is 2.67. The van der Waals surface area contributed by atoms with E-state index >= 15 is 0 Å². The van der Waals surface area contributed by atoms with Crippen LogP contribution in [0, 0.1) is 52.3 Å². The van der Waals surface area contributed by atoms with Crippen molar-refractivity contribution in [2.75, 3.05) is 6.61 Å². The summed E-state index contributed by atoms with van der Waals surface area (Å²) in [5, 5.41) is 0. The molecule has 0 aromatic rings. The van der Waals surface area contributed by atoms with Gasteiger partial charge in [-0.05, 0) is 85.4 Å². The Hall–Kier alpha value is -1.19. The first-order chi connectivity index (χ1) is 15.6. The molecule has 33 heavy (non-hydrogen) atoms. The highest BCUT2D eigenvalue weighted by molar-refractivity contribution is 6.39. The number of ketones is 2. The van der Waals surface area contributed by atoms with Gasteiger partial charge in [0, 0.05) is 18.8 Å². The Labute approximate surface area is 201 Å². The lowest BCUT2D eigenvalue weighted by Gasteiger charge is -2.59. The maximum atomic E-state index is 13.5. The number of Topliss-reactive ketones (excluding diaryl/α,β-unsaturated/α-hetero) is 2. The van der Waals surface area contributed by atoms with Gasteiger partial charge in [0.1, 0.15) is 0 Å². The Morgan fingerprint density at radius 2 is 1.67 bits per heavy atom. The van der Waals surface area contributed by atoms with E-state index in [0.29, 0.717) is 36.2 Å². The Bertz CT molecular complexity index is 774. The molecule has 0 aromatic carbocycles. The van der Waals surface area contributed by atoms with Crippen molar-refractivity contribution in [2.45, 2.75) is 105 Å². The van der Waals surface area contributed by atoms with Crippen molar-refractivity contribution in [3.63, 3.8) is 0 Å². The van der Waals surface area contributed by atoms with Crippen molar-refractivity contribution in [3.8, 4) is 0 Å². The number of ether oxygens (including phenoxy) is 1. The van der Waals surface area contributed by atoms with Crippen LogP contribution in [0.2, 0.25) is 0 Å². The smallest absolute Gasteiger partial charge is 0.302 e. The van der Waals surface area contributed by atoms with Crippen LogP contribution >= 0.6 is 0 Å². The first-order valence-electron chi connectivity index (χ1n) is 13.8. The highest BCUT2D eigenvalue weighted by atomic mass is 16.5. The third-order valence-corrected chi connectivity index (χ3v) is 10.9. The van der Waals surface area contributed by atoms with Crippen molar-refractivity contribution >= 4 is 17.5 Å². The summed E-state index contributed by atoms with van der Waals surface area (Å²) in [5.74, 6) is 2.26. The summed E-state index contributed by atoms with van der Waals surface area (Å²) in [6.07, 6.45) is 12.5. The standard InChI is InChI=1S/C29H46O4/c1-18(17-33-20(3)30)9-8-10-19(2)21-12-13-22-25-23(14-16-29(21,22)5)28(4)15-7-6-11-24(28)26(31)27(25)32/h18-19,21-25H,6-17H2,1-5H3/t18?,19-,21-,22+,23+,24?,25+,28-,29-/m1/s1. The van der Waals surface area contributed by atoms with Crippen LogP contribution in [-0.4, -0.2) is 24.1 Å². The molecule has 4 heteroatoms. The van der Waals surface area contributed by atoms with Gasteiger partial charge < -0.3 is 4.74 Å². The summed E-state index contributed by atoms with van der Waals surface area (Å²) in [7, 11) is 0. The Balaban J connectivity index is 1.42. The van der Waals surface area contributed by atoms with Gasteiger partial charge in [0.25, 0.3) is 0 Å². The molecule has 4 rings (SSSR count). The lowest BCUT2D eigenvalue weighted by Crippen LogP contribution is -2.60. The predicted octanol–water partition coefficient (Wildman–Crippen LogP) is 6.40. The molecule has 4 aliphatic carbocycles. The van der Waals surface area contributed by atoms with E-state index in [2.05, 4.69) is 27.7 Å². The third kappa shape index (κ3) is 4.33. The van der Waals surface area contributed by atoms with E-state index in [9.17, 15) is 14.4 Å². The Morgan fingerprint density at radius 1 is 0.939 bits per heavy atom. The molecule has 9 atom stereocenters. The fourth-order valence-corrected chi connectivity index (χ4v) is 9.12. The van der Waals surface area contributed by atoms with Crippen LogP contribution in [0.25, 0.3) is 0 Å². The van der Waals surface area contributed by atoms with Crippen molar-refractivity contribution < 1.29 is 19.1 Å². The number of esters is 1. The molecule has 0 radical (unpaired) electrons. The summed E-state index contributed by atoms with van der Waals surface area (Å²) < 4.78 is 5.16. The summed E-state index contributed by atoms with van der Waals surface area (Å²) in [6, 6.07) is 0. The maximum Gasteiger partial charge on any atom is 0.302 e. The lowest BCUT2D eigenvalue weighted by molar-refractivity contribution is -0.168. The third-order valence-electron chi connectivity index (χ3n) is 10.9. The van der Waals surface area contributed by atoms with Gasteiger partial charge in [0.05, 0.1) is 6.61 Å². The minimum atomic E-state index is -0.195. The minimum absolute atomic E-state index is 0.00514. The largest absolute Gasteiger partial charge is 0.466 e. The summed E-state index contributed by atoms with van der Waals surface area (Å²) in [4.78, 5) is 37.8. The van der Waals surface area contributed by atoms with Crippen molar-refractivity contribution in [3.05, 3.63) is 0 Å². The molecule has 0 aliphatic heterocycles. The topological polar surface area (TPSA) is 60.4 Å². The van der Waals surface area contributed by atoms with Crippen LogP contribution in [-0.2, 0) is 19.1 Å². The van der Waals surface area contributed by atoms with E-state index in [0.717, 1.165) is 44.9 Å². The van der Waals surface area contributed by atoms with Crippen LogP contribution < -0.4 is 0 Å². The highest BCUT2D eigenvalue weighted by Gasteiger charge is 2.64. The molecule has 4 fully saturated rings. The number of carbonyl (C=O) groups excluding carboxylic acids is 3. The second-order valence-electron chi connectivity index (χ2n) is 12.8. The van der Waals surface area contributed by atoms with E-state index < -0.39 is 0 Å². The first kappa shape index (κ1) is 24.9. The van der Waals surface area contributed by atoms with E-state index in [-0.39, 0.29) is 40.2 Å². The Morgan fingerprint density at radius 3 is 2.39 bits per heavy atom. The molecule has 0 amide bonds. The number of fused-ring (bicyclic) bond motifs is 5. The van der Waals surface area contributed by atoms with Gasteiger partial charge in [0.15, 0.2) is 0 Å². The number of rotatable bonds is 7. The van der Waals surface area contributed by atoms with Gasteiger partial charge >= 0.3 is 5.97 Å². The minimum Gasteiger partial charge on any atom is -0.466 e. The van der Waals surface area contributed by atoms with Crippen molar-refractivity contribution in [2.24, 2.45) is 52.3 Å². The number of hydrogen-bond acceptors (Lipinski definition) is 4. The monoisotopic (exact) mass is 458 g/mol. The first-order valence-corrected chi connectivity index (χ1v) is 13.8. The van der Waals surface area contributed by atoms with E-state index in [1.54, 1.807) is 0 Å². The quantitative estimate of drug-likeness (QED) is 0.327. The zero-order valence-electron chi connectivity index (χ0n) is 21.7. The predicted molar refractivity (Wildman–Crippen MR) is 129 cm³/mol. The van der Waals surface area contributed by atoms with Crippen LogP contribution in [0.4, 0.5) is 0 Å².